The number of hydrogen-bond donors (Lipinski definition) is 0. The van der Waals surface area contributed by atoms with Crippen LogP contribution in [0.5, 0.6) is 0 Å². The molecule has 0 aliphatic rings. The van der Waals surface area contributed by atoms with E-state index in [-0.39, 0.29) is 11.8 Å². The zero-order chi connectivity index (χ0) is 5.70. The number of halogens is 3. The lowest BCUT2D eigenvalue weighted by Gasteiger charge is -1.95. The fraction of sp³-hybridized carbons (Fsp3) is 1.00. The van der Waals surface area contributed by atoms with Gasteiger partial charge in [0.1, 0.15) is 6.17 Å². The Bertz CT molecular complexity index is 40.7. The molecule has 0 nitrogen and oxygen atoms in total. The normalized spacial score (nSPS) is 14.1. The van der Waals surface area contributed by atoms with E-state index in [1.807, 2.05) is 0 Å². The first-order valence-electron chi connectivity index (χ1n) is 2.07. The zero-order valence-corrected chi connectivity index (χ0v) is 5.42. The van der Waals surface area contributed by atoms with Crippen molar-refractivity contribution in [2.45, 2.75) is 12.6 Å². The van der Waals surface area contributed by atoms with E-state index in [9.17, 15) is 8.78 Å². The molecular formula is C4H7BrF2. The Labute approximate surface area is 50.0 Å². The molecule has 0 aromatic carbocycles. The molecule has 0 aromatic rings. The average Bonchev–Trinajstić information content (AvgIpc) is 1.68. The van der Waals surface area contributed by atoms with Gasteiger partial charge in [0.15, 0.2) is 0 Å². The Balaban J connectivity index is 2.83. The van der Waals surface area contributed by atoms with E-state index >= 15 is 0 Å². The van der Waals surface area contributed by atoms with Crippen LogP contribution < -0.4 is 0 Å². The van der Waals surface area contributed by atoms with E-state index in [1.165, 1.54) is 0 Å². The predicted molar refractivity (Wildman–Crippen MR) is 29.3 cm³/mol. The molecule has 0 fully saturated rings. The van der Waals surface area contributed by atoms with Gasteiger partial charge < -0.3 is 0 Å². The van der Waals surface area contributed by atoms with Crippen molar-refractivity contribution in [3.05, 3.63) is 0 Å². The molecule has 0 N–H and O–H groups in total. The maximum absolute atomic E-state index is 11.8. The molecule has 0 amide bonds. The van der Waals surface area contributed by atoms with Crippen LogP contribution in [0.2, 0.25) is 0 Å². The molecular weight excluding hydrogens is 166 g/mol. The molecule has 44 valence electrons. The Morgan fingerprint density at radius 2 is 2.14 bits per heavy atom. The quantitative estimate of drug-likeness (QED) is 0.573. The molecule has 0 aromatic heterocycles. The Morgan fingerprint density at radius 3 is 2.29 bits per heavy atom. The van der Waals surface area contributed by atoms with E-state index in [2.05, 4.69) is 15.9 Å². The average molecular weight is 173 g/mol. The fourth-order valence-electron chi connectivity index (χ4n) is 0.196. The highest BCUT2D eigenvalue weighted by Gasteiger charge is 2.00. The van der Waals surface area contributed by atoms with Gasteiger partial charge in [0.2, 0.25) is 0 Å². The highest BCUT2D eigenvalue weighted by molar-refractivity contribution is 9.09. The maximum atomic E-state index is 11.8. The summed E-state index contributed by atoms with van der Waals surface area (Å²) in [7, 11) is 0. The van der Waals surface area contributed by atoms with Gasteiger partial charge in [0.05, 0.1) is 6.67 Å². The van der Waals surface area contributed by atoms with E-state index in [1.54, 1.807) is 0 Å². The van der Waals surface area contributed by atoms with Gasteiger partial charge in [-0.25, -0.2) is 4.39 Å². The molecule has 0 spiro atoms. The molecule has 1 unspecified atom stereocenters. The minimum absolute atomic E-state index is 0.0191. The molecule has 0 aliphatic heterocycles. The Morgan fingerprint density at radius 1 is 1.57 bits per heavy atom. The van der Waals surface area contributed by atoms with Gasteiger partial charge in [-0.3, -0.25) is 4.39 Å². The van der Waals surface area contributed by atoms with Crippen LogP contribution in [0.15, 0.2) is 0 Å². The number of rotatable bonds is 3. The molecule has 7 heavy (non-hydrogen) atoms. The van der Waals surface area contributed by atoms with Gasteiger partial charge in [-0.15, -0.1) is 0 Å². The number of hydrogen-bond acceptors (Lipinski definition) is 0. The molecule has 0 saturated heterocycles. The maximum Gasteiger partial charge on any atom is 0.112 e. The summed E-state index contributed by atoms with van der Waals surface area (Å²) in [5, 5.41) is 0.247. The minimum Gasteiger partial charge on any atom is -0.251 e. The first kappa shape index (κ1) is 7.34. The largest absolute Gasteiger partial charge is 0.251 e. The SMILES string of the molecule is FCCC(F)CBr. The van der Waals surface area contributed by atoms with Crippen LogP contribution in [0.25, 0.3) is 0 Å². The molecule has 0 radical (unpaired) electrons. The molecule has 0 bridgehead atoms. The van der Waals surface area contributed by atoms with Crippen molar-refractivity contribution in [2.24, 2.45) is 0 Å². The second-order valence-electron chi connectivity index (χ2n) is 1.23. The smallest absolute Gasteiger partial charge is 0.112 e. The first-order valence-corrected chi connectivity index (χ1v) is 3.19. The zero-order valence-electron chi connectivity index (χ0n) is 3.83. The highest BCUT2D eigenvalue weighted by Crippen LogP contribution is 2.00. The van der Waals surface area contributed by atoms with Crippen LogP contribution in [0.4, 0.5) is 8.78 Å². The van der Waals surface area contributed by atoms with Crippen LogP contribution in [0.1, 0.15) is 6.42 Å². The summed E-state index contributed by atoms with van der Waals surface area (Å²) in [5.74, 6) is 0. The van der Waals surface area contributed by atoms with Crippen LogP contribution in [0.3, 0.4) is 0 Å². The molecule has 0 saturated carbocycles. The second kappa shape index (κ2) is 4.50. The van der Waals surface area contributed by atoms with E-state index in [4.69, 9.17) is 0 Å². The standard InChI is InChI=1S/C4H7BrF2/c5-3-4(7)1-2-6/h4H,1-3H2. The van der Waals surface area contributed by atoms with Crippen molar-refractivity contribution in [1.29, 1.82) is 0 Å². The van der Waals surface area contributed by atoms with Crippen molar-refractivity contribution < 1.29 is 8.78 Å². The van der Waals surface area contributed by atoms with Crippen molar-refractivity contribution in [2.75, 3.05) is 12.0 Å². The summed E-state index contributed by atoms with van der Waals surface area (Å²) < 4.78 is 23.0. The third-order valence-electron chi connectivity index (χ3n) is 0.590. The van der Waals surface area contributed by atoms with Gasteiger partial charge in [-0.2, -0.15) is 0 Å². The summed E-state index contributed by atoms with van der Waals surface area (Å²) >= 11 is 2.87. The third-order valence-corrected chi connectivity index (χ3v) is 1.29. The Hall–Kier alpha value is 0.340. The van der Waals surface area contributed by atoms with Crippen LogP contribution in [-0.2, 0) is 0 Å². The van der Waals surface area contributed by atoms with Crippen LogP contribution in [0, 0.1) is 0 Å². The van der Waals surface area contributed by atoms with Gasteiger partial charge in [0.25, 0.3) is 0 Å². The molecule has 3 heteroatoms. The van der Waals surface area contributed by atoms with Gasteiger partial charge in [0, 0.05) is 11.8 Å². The van der Waals surface area contributed by atoms with Gasteiger partial charge in [-0.05, 0) is 0 Å². The summed E-state index contributed by atoms with van der Waals surface area (Å²) in [6, 6.07) is 0. The Kier molecular flexibility index (Phi) is 4.72. The first-order chi connectivity index (χ1) is 3.31. The van der Waals surface area contributed by atoms with E-state index in [0.717, 1.165) is 0 Å². The summed E-state index contributed by atoms with van der Waals surface area (Å²) in [4.78, 5) is 0. The second-order valence-corrected chi connectivity index (χ2v) is 1.88. The topological polar surface area (TPSA) is 0 Å². The van der Waals surface area contributed by atoms with Crippen LogP contribution >= 0.6 is 15.9 Å². The lowest BCUT2D eigenvalue weighted by Crippen LogP contribution is -2.00. The monoisotopic (exact) mass is 172 g/mol. The summed E-state index contributed by atoms with van der Waals surface area (Å²) in [6.45, 7) is -0.563. The lowest BCUT2D eigenvalue weighted by molar-refractivity contribution is 0.311. The van der Waals surface area contributed by atoms with E-state index < -0.39 is 12.8 Å². The molecule has 1 atom stereocenters. The van der Waals surface area contributed by atoms with E-state index in [0.29, 0.717) is 0 Å². The predicted octanol–water partition coefficient (Wildman–Crippen LogP) is 2.08. The summed E-state index contributed by atoms with van der Waals surface area (Å²) in [6.07, 6.45) is -0.990. The van der Waals surface area contributed by atoms with Gasteiger partial charge in [-0.1, -0.05) is 15.9 Å². The van der Waals surface area contributed by atoms with Crippen molar-refractivity contribution in [3.8, 4) is 0 Å². The number of alkyl halides is 3. The molecule has 0 heterocycles. The minimum atomic E-state index is -1.01. The van der Waals surface area contributed by atoms with Crippen molar-refractivity contribution in [1.82, 2.24) is 0 Å². The third kappa shape index (κ3) is 4.19. The highest BCUT2D eigenvalue weighted by atomic mass is 79.9. The summed E-state index contributed by atoms with van der Waals surface area (Å²) in [5.41, 5.74) is 0. The molecule has 0 rings (SSSR count). The fourth-order valence-corrected chi connectivity index (χ4v) is 0.519. The molecule has 0 aliphatic carbocycles. The van der Waals surface area contributed by atoms with Crippen molar-refractivity contribution in [3.63, 3.8) is 0 Å². The lowest BCUT2D eigenvalue weighted by atomic mass is 10.3. The van der Waals surface area contributed by atoms with Crippen LogP contribution in [-0.4, -0.2) is 18.2 Å². The van der Waals surface area contributed by atoms with Gasteiger partial charge >= 0.3 is 0 Å². The van der Waals surface area contributed by atoms with Crippen molar-refractivity contribution >= 4 is 15.9 Å².